The van der Waals surface area contributed by atoms with Gasteiger partial charge in [-0.05, 0) is 74.1 Å². The Morgan fingerprint density at radius 2 is 1.93 bits per heavy atom. The van der Waals surface area contributed by atoms with Crippen LogP contribution in [0.1, 0.15) is 80.0 Å². The van der Waals surface area contributed by atoms with Gasteiger partial charge in [0.15, 0.2) is 0 Å². The molecular formula is C35H39N7O2S. The number of ether oxygens (including phenoxy) is 1. The first-order valence-electron chi connectivity index (χ1n) is 16.3. The molecule has 1 N–H and O–H groups in total. The van der Waals surface area contributed by atoms with Crippen LogP contribution in [-0.2, 0) is 17.6 Å². The van der Waals surface area contributed by atoms with Crippen molar-refractivity contribution >= 4 is 23.2 Å². The van der Waals surface area contributed by atoms with Crippen LogP contribution in [-0.4, -0.2) is 48.5 Å². The minimum absolute atomic E-state index is 0.214. The van der Waals surface area contributed by atoms with Gasteiger partial charge in [0.2, 0.25) is 11.8 Å². The molecule has 3 aliphatic rings. The van der Waals surface area contributed by atoms with Crippen molar-refractivity contribution in [2.45, 2.75) is 76.2 Å². The smallest absolute Gasteiger partial charge is 0.250 e. The largest absolute Gasteiger partial charge is 0.421 e. The summed E-state index contributed by atoms with van der Waals surface area (Å²) in [5.74, 6) is 4.60. The summed E-state index contributed by atoms with van der Waals surface area (Å²) in [6.07, 6.45) is 10.2. The fourth-order valence-electron chi connectivity index (χ4n) is 7.22. The van der Waals surface area contributed by atoms with E-state index < -0.39 is 0 Å². The highest BCUT2D eigenvalue weighted by Gasteiger charge is 2.35. The van der Waals surface area contributed by atoms with E-state index in [2.05, 4.69) is 69.2 Å². The number of hydrogen-bond donors (Lipinski definition) is 1. The number of fused-ring (bicyclic) bond motifs is 3. The van der Waals surface area contributed by atoms with E-state index in [1.54, 1.807) is 0 Å². The van der Waals surface area contributed by atoms with Crippen LogP contribution in [0.5, 0.6) is 0 Å². The molecule has 8 rings (SSSR count). The maximum Gasteiger partial charge on any atom is 0.250 e. The second kappa shape index (κ2) is 11.9. The highest BCUT2D eigenvalue weighted by Crippen LogP contribution is 2.51. The zero-order valence-electron chi connectivity index (χ0n) is 26.1. The second-order valence-electron chi connectivity index (χ2n) is 12.9. The zero-order valence-corrected chi connectivity index (χ0v) is 26.9. The van der Waals surface area contributed by atoms with Crippen molar-refractivity contribution < 1.29 is 9.15 Å². The van der Waals surface area contributed by atoms with Crippen LogP contribution in [0.3, 0.4) is 0 Å². The van der Waals surface area contributed by atoms with Crippen LogP contribution in [0.15, 0.2) is 52.0 Å². The minimum atomic E-state index is 0.214. The van der Waals surface area contributed by atoms with Gasteiger partial charge in [-0.1, -0.05) is 26.0 Å². The van der Waals surface area contributed by atoms with E-state index in [4.69, 9.17) is 19.1 Å². The lowest BCUT2D eigenvalue weighted by Gasteiger charge is -2.23. The van der Waals surface area contributed by atoms with Gasteiger partial charge >= 0.3 is 0 Å². The Morgan fingerprint density at radius 1 is 1.04 bits per heavy atom. The van der Waals surface area contributed by atoms with Gasteiger partial charge in [-0.25, -0.2) is 4.98 Å². The molecular weight excluding hydrogens is 582 g/mol. The van der Waals surface area contributed by atoms with Crippen LogP contribution in [0.4, 0.5) is 5.82 Å². The Labute approximate surface area is 267 Å². The highest BCUT2D eigenvalue weighted by atomic mass is 32.2. The Hall–Kier alpha value is -3.76. The molecule has 1 fully saturated rings. The lowest BCUT2D eigenvalue weighted by Crippen LogP contribution is -2.17. The molecule has 1 saturated heterocycles. The highest BCUT2D eigenvalue weighted by molar-refractivity contribution is 7.99. The molecule has 2 unspecified atom stereocenters. The molecule has 5 aromatic rings. The van der Waals surface area contributed by atoms with Gasteiger partial charge in [0.25, 0.3) is 0 Å². The van der Waals surface area contributed by atoms with Crippen molar-refractivity contribution in [1.82, 2.24) is 29.5 Å². The van der Waals surface area contributed by atoms with E-state index >= 15 is 0 Å². The number of aryl methyl sites for hydroxylation is 3. The van der Waals surface area contributed by atoms with E-state index in [-0.39, 0.29) is 6.04 Å². The van der Waals surface area contributed by atoms with Crippen molar-refractivity contribution in [3.8, 4) is 22.7 Å². The van der Waals surface area contributed by atoms with Crippen LogP contribution in [0.25, 0.3) is 28.4 Å². The standard InChI is InChI=1S/C35H39N7O2S/c1-20(2)24-19-45-34-31(32(35-41-40-21(3)44-35)27(39-33(24)34)10-9-22-13-16-43-17-14-22)28-18-42-29(7-4-8-30(42)38-28)37-26-12-11-25-23(26)6-5-15-36-25/h4-8,15,18,20,22,24,26,37H,9-14,16-17,19H2,1-3H3. The van der Waals surface area contributed by atoms with Gasteiger partial charge in [0.1, 0.15) is 11.5 Å². The van der Waals surface area contributed by atoms with Gasteiger partial charge in [0, 0.05) is 60.4 Å². The number of imidazole rings is 1. The number of rotatable bonds is 8. The number of aromatic nitrogens is 6. The Balaban J connectivity index is 1.26. The molecule has 1 aliphatic carbocycles. The lowest BCUT2D eigenvalue weighted by atomic mass is 9.89. The molecule has 0 bridgehead atoms. The monoisotopic (exact) mass is 621 g/mol. The van der Waals surface area contributed by atoms with E-state index in [0.717, 1.165) is 91.5 Å². The topological polar surface area (TPSA) is 103 Å². The van der Waals surface area contributed by atoms with Gasteiger partial charge in [-0.2, -0.15) is 0 Å². The number of thioether (sulfide) groups is 1. The number of nitrogens with zero attached hydrogens (tertiary/aromatic N) is 6. The molecule has 0 saturated carbocycles. The molecule has 2 atom stereocenters. The molecule has 0 aromatic carbocycles. The average molecular weight is 622 g/mol. The molecule has 0 radical (unpaired) electrons. The molecule has 0 amide bonds. The van der Waals surface area contributed by atoms with Gasteiger partial charge < -0.3 is 14.5 Å². The average Bonchev–Trinajstić information content (AvgIpc) is 3.86. The third kappa shape index (κ3) is 5.31. The molecule has 232 valence electrons. The maximum atomic E-state index is 6.17. The summed E-state index contributed by atoms with van der Waals surface area (Å²) >= 11 is 1.89. The third-order valence-corrected chi connectivity index (χ3v) is 11.0. The van der Waals surface area contributed by atoms with Crippen molar-refractivity contribution in [3.63, 3.8) is 0 Å². The molecule has 2 aliphatic heterocycles. The molecule has 5 aromatic heterocycles. The Kier molecular flexibility index (Phi) is 7.57. The third-order valence-electron chi connectivity index (χ3n) is 9.73. The number of nitrogens with one attached hydrogen (secondary N) is 1. The summed E-state index contributed by atoms with van der Waals surface area (Å²) < 4.78 is 14.0. The Bertz CT molecular complexity index is 1860. The SMILES string of the molecule is Cc1nnc(-c2c(CCC3CCOCC3)nc3c(c2-c2cn4c(NC5CCc6ncccc65)cccc4n2)SCC3C(C)C)o1. The second-order valence-corrected chi connectivity index (χ2v) is 14.0. The van der Waals surface area contributed by atoms with Crippen molar-refractivity contribution in [1.29, 1.82) is 0 Å². The molecule has 0 spiro atoms. The minimum Gasteiger partial charge on any atom is -0.421 e. The fourth-order valence-corrected chi connectivity index (χ4v) is 8.80. The summed E-state index contributed by atoms with van der Waals surface area (Å²) in [6, 6.07) is 10.7. The summed E-state index contributed by atoms with van der Waals surface area (Å²) in [7, 11) is 0. The van der Waals surface area contributed by atoms with Crippen LogP contribution in [0.2, 0.25) is 0 Å². The normalized spacial score (nSPS) is 19.8. The molecule has 45 heavy (non-hydrogen) atoms. The quantitative estimate of drug-likeness (QED) is 0.189. The Morgan fingerprint density at radius 3 is 2.76 bits per heavy atom. The number of pyridine rings is 3. The van der Waals surface area contributed by atoms with E-state index in [1.165, 1.54) is 21.8 Å². The van der Waals surface area contributed by atoms with E-state index in [0.29, 0.717) is 29.5 Å². The van der Waals surface area contributed by atoms with E-state index in [9.17, 15) is 0 Å². The first kappa shape index (κ1) is 28.7. The van der Waals surface area contributed by atoms with Gasteiger partial charge in [-0.15, -0.1) is 22.0 Å². The van der Waals surface area contributed by atoms with Crippen LogP contribution in [0, 0.1) is 18.8 Å². The van der Waals surface area contributed by atoms with Crippen molar-refractivity contribution in [3.05, 3.63) is 71.3 Å². The first-order chi connectivity index (χ1) is 22.0. The molecule has 10 heteroatoms. The summed E-state index contributed by atoms with van der Waals surface area (Å²) in [5.41, 5.74) is 8.51. The lowest BCUT2D eigenvalue weighted by molar-refractivity contribution is 0.0639. The number of hydrogen-bond acceptors (Lipinski definition) is 9. The fraction of sp³-hybridized carbons (Fsp3) is 0.457. The number of anilines is 1. The summed E-state index contributed by atoms with van der Waals surface area (Å²) in [4.78, 5) is 16.5. The first-order valence-corrected chi connectivity index (χ1v) is 17.3. The van der Waals surface area contributed by atoms with Crippen LogP contribution < -0.4 is 5.32 Å². The molecule has 7 heterocycles. The predicted octanol–water partition coefficient (Wildman–Crippen LogP) is 7.45. The van der Waals surface area contributed by atoms with Gasteiger partial charge in [0.05, 0.1) is 28.7 Å². The summed E-state index contributed by atoms with van der Waals surface area (Å²) in [5, 5.41) is 12.6. The maximum absolute atomic E-state index is 6.17. The van der Waals surface area contributed by atoms with Crippen LogP contribution >= 0.6 is 11.8 Å². The van der Waals surface area contributed by atoms with Crippen molar-refractivity contribution in [2.24, 2.45) is 11.8 Å². The van der Waals surface area contributed by atoms with Gasteiger partial charge in [-0.3, -0.25) is 14.4 Å². The van der Waals surface area contributed by atoms with Crippen molar-refractivity contribution in [2.75, 3.05) is 24.3 Å². The summed E-state index contributed by atoms with van der Waals surface area (Å²) in [6.45, 7) is 8.14. The van der Waals surface area contributed by atoms with E-state index in [1.807, 2.05) is 30.9 Å². The zero-order chi connectivity index (χ0) is 30.5. The molecule has 9 nitrogen and oxygen atoms in total. The predicted molar refractivity (Wildman–Crippen MR) is 176 cm³/mol.